The maximum Gasteiger partial charge on any atom is 0.416 e. The zero-order valence-corrected chi connectivity index (χ0v) is 11.1. The molecule has 0 bridgehead atoms. The molecule has 1 aromatic carbocycles. The first-order valence-electron chi connectivity index (χ1n) is 6.47. The summed E-state index contributed by atoms with van der Waals surface area (Å²) in [5, 5.41) is 0.0395. The molecule has 110 valence electrons. The van der Waals surface area contributed by atoms with Crippen LogP contribution in [-0.2, 0) is 12.6 Å². The highest BCUT2D eigenvalue weighted by Gasteiger charge is 2.33. The third-order valence-electron chi connectivity index (χ3n) is 3.68. The van der Waals surface area contributed by atoms with Crippen molar-refractivity contribution in [3.8, 4) is 0 Å². The van der Waals surface area contributed by atoms with Crippen LogP contribution in [0.15, 0.2) is 27.4 Å². The Morgan fingerprint density at radius 2 is 1.86 bits per heavy atom. The normalized spacial score (nSPS) is 18.9. The van der Waals surface area contributed by atoms with E-state index in [4.69, 9.17) is 4.42 Å². The summed E-state index contributed by atoms with van der Waals surface area (Å²) in [6.45, 7) is 1.83. The quantitative estimate of drug-likeness (QED) is 0.746. The van der Waals surface area contributed by atoms with Crippen LogP contribution in [0.3, 0.4) is 0 Å². The number of alkyl halides is 3. The second kappa shape index (κ2) is 4.44. The zero-order chi connectivity index (χ0) is 15.4. The van der Waals surface area contributed by atoms with Gasteiger partial charge in [0, 0.05) is 18.2 Å². The van der Waals surface area contributed by atoms with Crippen molar-refractivity contribution in [1.82, 2.24) is 0 Å². The molecule has 0 spiro atoms. The van der Waals surface area contributed by atoms with Crippen LogP contribution in [0.4, 0.5) is 13.2 Å². The molecule has 0 saturated carbocycles. The lowest BCUT2D eigenvalue weighted by Gasteiger charge is -2.20. The van der Waals surface area contributed by atoms with E-state index in [1.54, 1.807) is 0 Å². The van der Waals surface area contributed by atoms with Crippen molar-refractivity contribution in [2.45, 2.75) is 25.9 Å². The number of carbonyl (C=O) groups excluding carboxylic acids is 1. The van der Waals surface area contributed by atoms with Gasteiger partial charge in [-0.2, -0.15) is 13.2 Å². The minimum Gasteiger partial charge on any atom is -0.427 e. The Morgan fingerprint density at radius 1 is 1.14 bits per heavy atom. The highest BCUT2D eigenvalue weighted by Crippen LogP contribution is 2.34. The number of carbonyl (C=O) groups is 1. The minimum absolute atomic E-state index is 0.00431. The SMILES string of the molecule is CC1CC(=O)c2c(oc(=O)c3ccc(C(F)(F)F)cc23)C1. The highest BCUT2D eigenvalue weighted by atomic mass is 19.4. The van der Waals surface area contributed by atoms with Crippen molar-refractivity contribution in [3.05, 3.63) is 45.5 Å². The van der Waals surface area contributed by atoms with Gasteiger partial charge in [0.1, 0.15) is 5.76 Å². The third-order valence-corrected chi connectivity index (χ3v) is 3.68. The number of benzene rings is 1. The number of rotatable bonds is 0. The van der Waals surface area contributed by atoms with Crippen molar-refractivity contribution in [2.24, 2.45) is 5.92 Å². The Kier molecular flexibility index (Phi) is 2.93. The standard InChI is InChI=1S/C15H11F3O3/c1-7-4-11(19)13-10-6-8(15(16,17)18)2-3-9(10)14(20)21-12(13)5-7/h2-3,6-7H,4-5H2,1H3. The summed E-state index contributed by atoms with van der Waals surface area (Å²) in [6.07, 6.45) is -3.91. The summed E-state index contributed by atoms with van der Waals surface area (Å²) in [5.74, 6) is -0.0798. The van der Waals surface area contributed by atoms with Crippen molar-refractivity contribution < 1.29 is 22.4 Å². The summed E-state index contributed by atoms with van der Waals surface area (Å²) < 4.78 is 43.6. The number of hydrogen-bond donors (Lipinski definition) is 0. The average molecular weight is 296 g/mol. The van der Waals surface area contributed by atoms with Gasteiger partial charge in [0.05, 0.1) is 16.5 Å². The summed E-state index contributed by atoms with van der Waals surface area (Å²) >= 11 is 0. The monoisotopic (exact) mass is 296 g/mol. The maximum absolute atomic E-state index is 12.8. The number of hydrogen-bond acceptors (Lipinski definition) is 3. The Morgan fingerprint density at radius 3 is 2.52 bits per heavy atom. The van der Waals surface area contributed by atoms with E-state index in [9.17, 15) is 22.8 Å². The second-order valence-corrected chi connectivity index (χ2v) is 5.38. The molecule has 1 aromatic heterocycles. The number of Topliss-reactive ketones (excluding diaryl/α,β-unsaturated/α-hetero) is 1. The highest BCUT2D eigenvalue weighted by molar-refractivity contribution is 6.09. The largest absolute Gasteiger partial charge is 0.427 e. The molecule has 1 heterocycles. The second-order valence-electron chi connectivity index (χ2n) is 5.38. The molecule has 2 aromatic rings. The van der Waals surface area contributed by atoms with Crippen LogP contribution in [0.2, 0.25) is 0 Å². The number of ketones is 1. The van der Waals surface area contributed by atoms with Crippen molar-refractivity contribution in [3.63, 3.8) is 0 Å². The first kappa shape index (κ1) is 13.9. The molecule has 0 radical (unpaired) electrons. The lowest BCUT2D eigenvalue weighted by molar-refractivity contribution is -0.137. The Labute approximate surface area is 117 Å². The molecule has 3 rings (SSSR count). The van der Waals surface area contributed by atoms with Gasteiger partial charge in [-0.25, -0.2) is 4.79 Å². The van der Waals surface area contributed by atoms with E-state index < -0.39 is 17.4 Å². The first-order chi connectivity index (χ1) is 9.77. The summed E-state index contributed by atoms with van der Waals surface area (Å²) in [7, 11) is 0. The van der Waals surface area contributed by atoms with Gasteiger partial charge < -0.3 is 4.42 Å². The van der Waals surface area contributed by atoms with Crippen LogP contribution in [0.5, 0.6) is 0 Å². The lowest BCUT2D eigenvalue weighted by atomic mass is 9.85. The summed E-state index contributed by atoms with van der Waals surface area (Å²) in [4.78, 5) is 24.0. The van der Waals surface area contributed by atoms with Crippen molar-refractivity contribution >= 4 is 16.6 Å². The molecule has 0 saturated heterocycles. The van der Waals surface area contributed by atoms with Crippen LogP contribution in [-0.4, -0.2) is 5.78 Å². The molecule has 0 N–H and O–H groups in total. The van der Waals surface area contributed by atoms with Crippen LogP contribution in [0.1, 0.15) is 35.0 Å². The van der Waals surface area contributed by atoms with E-state index in [0.29, 0.717) is 6.42 Å². The van der Waals surface area contributed by atoms with Gasteiger partial charge in [-0.1, -0.05) is 6.92 Å². The fourth-order valence-corrected chi connectivity index (χ4v) is 2.73. The van der Waals surface area contributed by atoms with Gasteiger partial charge in [0.15, 0.2) is 5.78 Å². The van der Waals surface area contributed by atoms with E-state index in [-0.39, 0.29) is 40.2 Å². The van der Waals surface area contributed by atoms with E-state index in [2.05, 4.69) is 0 Å². The van der Waals surface area contributed by atoms with Gasteiger partial charge in [0.2, 0.25) is 0 Å². The molecule has 1 aliphatic rings. The lowest BCUT2D eigenvalue weighted by Crippen LogP contribution is -2.21. The minimum atomic E-state index is -4.53. The predicted octanol–water partition coefficient (Wildman–Crippen LogP) is 3.58. The van der Waals surface area contributed by atoms with Gasteiger partial charge >= 0.3 is 11.8 Å². The molecule has 0 aliphatic heterocycles. The summed E-state index contributed by atoms with van der Waals surface area (Å²) in [5.41, 5.74) is -1.47. The molecule has 0 fully saturated rings. The average Bonchev–Trinajstić information content (AvgIpc) is 2.36. The Balaban J connectivity index is 2.37. The molecule has 1 unspecified atom stereocenters. The van der Waals surface area contributed by atoms with Crippen molar-refractivity contribution in [1.29, 1.82) is 0 Å². The van der Waals surface area contributed by atoms with Gasteiger partial charge in [-0.05, 0) is 24.1 Å². The number of fused-ring (bicyclic) bond motifs is 3. The molecule has 1 aliphatic carbocycles. The van der Waals surface area contributed by atoms with Gasteiger partial charge in [-0.15, -0.1) is 0 Å². The van der Waals surface area contributed by atoms with E-state index in [1.165, 1.54) is 0 Å². The molecular weight excluding hydrogens is 285 g/mol. The topological polar surface area (TPSA) is 47.3 Å². The smallest absolute Gasteiger partial charge is 0.416 e. The van der Waals surface area contributed by atoms with Crippen LogP contribution in [0, 0.1) is 5.92 Å². The van der Waals surface area contributed by atoms with Crippen LogP contribution >= 0.6 is 0 Å². The molecular formula is C15H11F3O3. The third kappa shape index (κ3) is 2.24. The Bertz CT molecular complexity index is 802. The molecule has 3 nitrogen and oxygen atoms in total. The van der Waals surface area contributed by atoms with Crippen LogP contribution < -0.4 is 5.63 Å². The molecule has 6 heteroatoms. The maximum atomic E-state index is 12.8. The van der Waals surface area contributed by atoms with E-state index in [1.807, 2.05) is 6.92 Å². The first-order valence-corrected chi connectivity index (χ1v) is 6.47. The van der Waals surface area contributed by atoms with Crippen LogP contribution in [0.25, 0.3) is 10.8 Å². The van der Waals surface area contributed by atoms with Gasteiger partial charge in [-0.3, -0.25) is 4.79 Å². The predicted molar refractivity (Wildman–Crippen MR) is 69.3 cm³/mol. The fourth-order valence-electron chi connectivity index (χ4n) is 2.73. The fraction of sp³-hybridized carbons (Fsp3) is 0.333. The van der Waals surface area contributed by atoms with Crippen molar-refractivity contribution in [2.75, 3.05) is 0 Å². The zero-order valence-electron chi connectivity index (χ0n) is 11.1. The van der Waals surface area contributed by atoms with E-state index in [0.717, 1.165) is 18.2 Å². The molecule has 21 heavy (non-hydrogen) atoms. The van der Waals surface area contributed by atoms with E-state index >= 15 is 0 Å². The number of halogens is 3. The molecule has 0 amide bonds. The van der Waals surface area contributed by atoms with Gasteiger partial charge in [0.25, 0.3) is 0 Å². The molecule has 1 atom stereocenters. The Hall–Kier alpha value is -2.11. The summed E-state index contributed by atoms with van der Waals surface area (Å²) in [6, 6.07) is 2.75.